The number of anilines is 1. The number of aromatic nitrogens is 3. The Morgan fingerprint density at radius 1 is 1.36 bits per heavy atom. The summed E-state index contributed by atoms with van der Waals surface area (Å²) in [5.74, 6) is 2.51. The Morgan fingerprint density at radius 3 is 2.73 bits per heavy atom. The van der Waals surface area contributed by atoms with Crippen LogP contribution < -0.4 is 5.32 Å². The van der Waals surface area contributed by atoms with Gasteiger partial charge in [0.2, 0.25) is 0 Å². The molecule has 0 unspecified atom stereocenters. The molecule has 0 amide bonds. The summed E-state index contributed by atoms with van der Waals surface area (Å²) in [5, 5.41) is 11.9. The first-order chi connectivity index (χ1) is 15.6. The third kappa shape index (κ3) is 4.68. The monoisotopic (exact) mass is 451 g/mol. The number of imidazole rings is 1. The molecule has 1 aliphatic rings. The molecule has 0 atom stereocenters. The van der Waals surface area contributed by atoms with Crippen molar-refractivity contribution >= 4 is 17.2 Å². The van der Waals surface area contributed by atoms with E-state index in [1.54, 1.807) is 28.9 Å². The van der Waals surface area contributed by atoms with Crippen LogP contribution >= 0.6 is 0 Å². The minimum absolute atomic E-state index is 0.0637. The van der Waals surface area contributed by atoms with Crippen molar-refractivity contribution in [3.8, 4) is 29.7 Å². The van der Waals surface area contributed by atoms with Gasteiger partial charge in [0.15, 0.2) is 17.2 Å². The molecule has 1 aliphatic carbocycles. The van der Waals surface area contributed by atoms with E-state index in [9.17, 15) is 23.2 Å². The lowest BCUT2D eigenvalue weighted by atomic mass is 9.93. The van der Waals surface area contributed by atoms with E-state index >= 15 is 0 Å². The van der Waals surface area contributed by atoms with Gasteiger partial charge >= 0.3 is 6.18 Å². The Hall–Kier alpha value is -3.85. The second kappa shape index (κ2) is 8.25. The van der Waals surface area contributed by atoms with Crippen LogP contribution in [0.3, 0.4) is 0 Å². The van der Waals surface area contributed by atoms with Crippen molar-refractivity contribution in [2.45, 2.75) is 38.8 Å². The average molecular weight is 451 g/mol. The predicted octanol–water partition coefficient (Wildman–Crippen LogP) is 4.93. The molecular weight excluding hydrogens is 431 g/mol. The number of nitrogens with zero attached hydrogens (tertiary/aromatic N) is 4. The van der Waals surface area contributed by atoms with Crippen LogP contribution in [0.25, 0.3) is 16.9 Å². The van der Waals surface area contributed by atoms with Gasteiger partial charge in [-0.1, -0.05) is 12.1 Å². The van der Waals surface area contributed by atoms with Gasteiger partial charge in [0, 0.05) is 30.3 Å². The van der Waals surface area contributed by atoms with Crippen molar-refractivity contribution in [1.29, 1.82) is 5.26 Å². The number of Topliss-reactive ketones (excluding diaryl/α,β-unsaturated/α-hetero) is 1. The molecule has 0 bridgehead atoms. The van der Waals surface area contributed by atoms with E-state index in [2.05, 4.69) is 27.3 Å². The zero-order chi connectivity index (χ0) is 23.8. The number of terminal acetylenes is 1. The fourth-order valence-electron chi connectivity index (χ4n) is 3.73. The molecule has 6 nitrogen and oxygen atoms in total. The number of fused-ring (bicyclic) bond motifs is 1. The number of aryl methyl sites for hydroxylation is 1. The molecule has 1 aromatic carbocycles. The van der Waals surface area contributed by atoms with Crippen LogP contribution in [-0.2, 0) is 0 Å². The minimum atomic E-state index is -4.29. The number of rotatable bonds is 7. The van der Waals surface area contributed by atoms with Gasteiger partial charge in [-0.25, -0.2) is 9.97 Å². The number of hydrogen-bond acceptors (Lipinski definition) is 5. The topological polar surface area (TPSA) is 83.1 Å². The van der Waals surface area contributed by atoms with E-state index in [-0.39, 0.29) is 30.3 Å². The maximum atomic E-state index is 12.7. The lowest BCUT2D eigenvalue weighted by Gasteiger charge is -2.12. The van der Waals surface area contributed by atoms with E-state index in [1.165, 1.54) is 0 Å². The summed E-state index contributed by atoms with van der Waals surface area (Å²) in [5.41, 5.74) is 2.80. The highest BCUT2D eigenvalue weighted by molar-refractivity contribution is 5.98. The van der Waals surface area contributed by atoms with E-state index < -0.39 is 18.0 Å². The molecule has 0 spiro atoms. The summed E-state index contributed by atoms with van der Waals surface area (Å²) in [7, 11) is 0. The molecular formula is C24H20F3N5O. The fraction of sp³-hybridized carbons (Fsp3) is 0.333. The third-order valence-corrected chi connectivity index (χ3v) is 5.75. The second-order valence-corrected chi connectivity index (χ2v) is 8.27. The lowest BCUT2D eigenvalue weighted by Crippen LogP contribution is -2.16. The number of benzene rings is 1. The van der Waals surface area contributed by atoms with E-state index in [0.717, 1.165) is 24.0 Å². The Kier molecular flexibility index (Phi) is 5.59. The molecule has 1 N–H and O–H groups in total. The summed E-state index contributed by atoms with van der Waals surface area (Å²) in [6.07, 6.45) is 5.06. The Balaban J connectivity index is 1.65. The lowest BCUT2D eigenvalue weighted by molar-refractivity contribution is -0.131. The maximum absolute atomic E-state index is 12.7. The van der Waals surface area contributed by atoms with Crippen LogP contribution in [-0.4, -0.2) is 32.9 Å². The summed E-state index contributed by atoms with van der Waals surface area (Å²) in [4.78, 5) is 21.2. The van der Waals surface area contributed by atoms with Crippen molar-refractivity contribution in [3.05, 3.63) is 47.4 Å². The van der Waals surface area contributed by atoms with Crippen LogP contribution in [0.1, 0.15) is 47.3 Å². The normalized spacial score (nSPS) is 14.5. The van der Waals surface area contributed by atoms with Crippen LogP contribution in [0.4, 0.5) is 19.0 Å². The Labute approximate surface area is 188 Å². The number of carbonyl (C=O) groups excluding carboxylic acids is 1. The van der Waals surface area contributed by atoms with Crippen molar-refractivity contribution in [2.24, 2.45) is 5.41 Å². The molecule has 2 aromatic heterocycles. The van der Waals surface area contributed by atoms with Gasteiger partial charge in [0.05, 0.1) is 29.8 Å². The minimum Gasteiger partial charge on any atom is -0.367 e. The Morgan fingerprint density at radius 2 is 2.12 bits per heavy atom. The first kappa shape index (κ1) is 22.3. The largest absolute Gasteiger partial charge is 0.390 e. The quantitative estimate of drug-likeness (QED) is 0.407. The van der Waals surface area contributed by atoms with Crippen LogP contribution in [0.5, 0.6) is 0 Å². The number of carbonyl (C=O) groups is 1. The highest BCUT2D eigenvalue weighted by atomic mass is 19.4. The summed E-state index contributed by atoms with van der Waals surface area (Å²) >= 11 is 0. The average Bonchev–Trinajstić information content (AvgIpc) is 3.40. The molecule has 9 heteroatoms. The SMILES string of the molecule is C#Cc1cn2c(-c3ccc(C(=O)CC4(C#N)CC4)c(C)c3)cnc2c(NCCC(F)(F)F)n1. The zero-order valence-electron chi connectivity index (χ0n) is 17.8. The van der Waals surface area contributed by atoms with Gasteiger partial charge in [-0.05, 0) is 37.3 Å². The van der Waals surface area contributed by atoms with Crippen molar-refractivity contribution in [2.75, 3.05) is 11.9 Å². The smallest absolute Gasteiger partial charge is 0.367 e. The number of halogens is 3. The number of alkyl halides is 3. The molecule has 0 radical (unpaired) electrons. The summed E-state index contributed by atoms with van der Waals surface area (Å²) in [6, 6.07) is 7.59. The van der Waals surface area contributed by atoms with Gasteiger partial charge in [0.1, 0.15) is 5.69 Å². The number of nitrogens with one attached hydrogen (secondary N) is 1. The van der Waals surface area contributed by atoms with Crippen LogP contribution in [0, 0.1) is 36.0 Å². The maximum Gasteiger partial charge on any atom is 0.390 e. The number of hydrogen-bond donors (Lipinski definition) is 1. The van der Waals surface area contributed by atoms with Crippen molar-refractivity contribution in [3.63, 3.8) is 0 Å². The zero-order valence-corrected chi connectivity index (χ0v) is 17.8. The van der Waals surface area contributed by atoms with Crippen molar-refractivity contribution < 1.29 is 18.0 Å². The van der Waals surface area contributed by atoms with Gasteiger partial charge in [-0.2, -0.15) is 18.4 Å². The van der Waals surface area contributed by atoms with Crippen LogP contribution in [0.2, 0.25) is 0 Å². The van der Waals surface area contributed by atoms with E-state index in [1.807, 2.05) is 13.0 Å². The molecule has 0 aliphatic heterocycles. The van der Waals surface area contributed by atoms with E-state index in [0.29, 0.717) is 16.9 Å². The highest BCUT2D eigenvalue weighted by Gasteiger charge is 2.45. The molecule has 168 valence electrons. The third-order valence-electron chi connectivity index (χ3n) is 5.75. The van der Waals surface area contributed by atoms with Gasteiger partial charge in [0.25, 0.3) is 0 Å². The number of ketones is 1. The predicted molar refractivity (Wildman–Crippen MR) is 116 cm³/mol. The van der Waals surface area contributed by atoms with Gasteiger partial charge < -0.3 is 5.32 Å². The van der Waals surface area contributed by atoms with Crippen molar-refractivity contribution in [1.82, 2.24) is 14.4 Å². The molecule has 3 aromatic rings. The molecule has 1 fully saturated rings. The van der Waals surface area contributed by atoms with Gasteiger partial charge in [-0.15, -0.1) is 6.42 Å². The Bertz CT molecular complexity index is 1320. The number of nitriles is 1. The summed E-state index contributed by atoms with van der Waals surface area (Å²) in [6.45, 7) is 1.47. The fourth-order valence-corrected chi connectivity index (χ4v) is 3.73. The second-order valence-electron chi connectivity index (χ2n) is 8.27. The standard InChI is InChI=1S/C24H20F3N5O/c1-3-17-13-32-19(12-30-22(32)21(31-17)29-9-8-24(25,26)27)16-4-5-18(15(2)10-16)20(33)11-23(14-28)6-7-23/h1,4-5,10,12-13H,6-9,11H2,2H3,(H,29,31). The van der Waals surface area contributed by atoms with Gasteiger partial charge in [-0.3, -0.25) is 9.20 Å². The summed E-state index contributed by atoms with van der Waals surface area (Å²) < 4.78 is 39.3. The first-order valence-corrected chi connectivity index (χ1v) is 10.4. The highest BCUT2D eigenvalue weighted by Crippen LogP contribution is 2.48. The molecule has 2 heterocycles. The molecule has 33 heavy (non-hydrogen) atoms. The van der Waals surface area contributed by atoms with Crippen LogP contribution in [0.15, 0.2) is 30.6 Å². The molecule has 0 saturated heterocycles. The van der Waals surface area contributed by atoms with E-state index in [4.69, 9.17) is 6.42 Å². The molecule has 4 rings (SSSR count). The molecule has 1 saturated carbocycles. The first-order valence-electron chi connectivity index (χ1n) is 10.4.